The second-order valence-electron chi connectivity index (χ2n) is 4.30. The molecule has 0 aliphatic rings. The highest BCUT2D eigenvalue weighted by Crippen LogP contribution is 2.11. The third-order valence-corrected chi connectivity index (χ3v) is 2.99. The molecule has 0 unspecified atom stereocenters. The van der Waals surface area contributed by atoms with Crippen LogP contribution in [0.2, 0.25) is 0 Å². The molecule has 0 amide bonds. The topological polar surface area (TPSA) is 70.0 Å². The first-order chi connectivity index (χ1) is 9.66. The Morgan fingerprint density at radius 1 is 1.25 bits per heavy atom. The van der Waals surface area contributed by atoms with Gasteiger partial charge in [0.15, 0.2) is 0 Å². The maximum atomic E-state index is 12.2. The Kier molecular flexibility index (Phi) is 2.83. The number of oxazole rings is 1. The van der Waals surface area contributed by atoms with Gasteiger partial charge in [-0.1, -0.05) is 0 Å². The third-order valence-electron chi connectivity index (χ3n) is 2.99. The van der Waals surface area contributed by atoms with E-state index < -0.39 is 11.7 Å². The van der Waals surface area contributed by atoms with Gasteiger partial charge in [0.05, 0.1) is 12.0 Å². The molecule has 20 heavy (non-hydrogen) atoms. The summed E-state index contributed by atoms with van der Waals surface area (Å²) >= 11 is 0. The lowest BCUT2D eigenvalue weighted by atomic mass is 10.2. The fourth-order valence-corrected chi connectivity index (χ4v) is 1.95. The van der Waals surface area contributed by atoms with Crippen LogP contribution in [0.3, 0.4) is 0 Å². The van der Waals surface area contributed by atoms with Crippen LogP contribution in [0.1, 0.15) is 16.1 Å². The van der Waals surface area contributed by atoms with Crippen LogP contribution in [0.4, 0.5) is 0 Å². The summed E-state index contributed by atoms with van der Waals surface area (Å²) in [6, 6.07) is 6.90. The second kappa shape index (κ2) is 4.65. The van der Waals surface area contributed by atoms with Crippen LogP contribution < -0.4 is 5.76 Å². The molecule has 3 rings (SSSR count). The number of aromatic nitrogens is 3. The molecule has 0 aliphatic carbocycles. The number of hydrogen-bond donors (Lipinski definition) is 0. The van der Waals surface area contributed by atoms with Crippen molar-refractivity contribution in [3.63, 3.8) is 0 Å². The predicted molar refractivity (Wildman–Crippen MR) is 71.0 cm³/mol. The molecule has 0 aliphatic heterocycles. The molecule has 0 bridgehead atoms. The standard InChI is InChI=1S/C14H11N3O3/c1-10-8-20-14(19)17(10)13(18)11-2-4-12(5-3-11)16-7-6-15-9-16/h2-9H,1H3. The van der Waals surface area contributed by atoms with Gasteiger partial charge in [-0.2, -0.15) is 0 Å². The summed E-state index contributed by atoms with van der Waals surface area (Å²) < 4.78 is 7.52. The Labute approximate surface area is 113 Å². The molecule has 0 fully saturated rings. The zero-order valence-corrected chi connectivity index (χ0v) is 10.7. The van der Waals surface area contributed by atoms with Crippen molar-refractivity contribution in [3.05, 3.63) is 71.1 Å². The third kappa shape index (κ3) is 1.97. The van der Waals surface area contributed by atoms with E-state index in [0.29, 0.717) is 11.3 Å². The number of carbonyl (C=O) groups excluding carboxylic acids is 1. The summed E-state index contributed by atoms with van der Waals surface area (Å²) in [5.74, 6) is -1.08. The van der Waals surface area contributed by atoms with E-state index in [1.165, 1.54) is 6.26 Å². The zero-order chi connectivity index (χ0) is 14.1. The highest BCUT2D eigenvalue weighted by Gasteiger charge is 2.15. The van der Waals surface area contributed by atoms with Crippen LogP contribution in [-0.2, 0) is 0 Å². The number of carbonyl (C=O) groups is 1. The Morgan fingerprint density at radius 3 is 2.55 bits per heavy atom. The summed E-state index contributed by atoms with van der Waals surface area (Å²) in [6.45, 7) is 1.64. The number of nitrogens with zero attached hydrogens (tertiary/aromatic N) is 3. The van der Waals surface area contributed by atoms with Gasteiger partial charge in [0.25, 0.3) is 5.91 Å². The molecule has 0 spiro atoms. The molecular weight excluding hydrogens is 258 g/mol. The summed E-state index contributed by atoms with van der Waals surface area (Å²) in [5, 5.41) is 0. The number of aryl methyl sites for hydroxylation is 1. The van der Waals surface area contributed by atoms with Gasteiger partial charge in [0.2, 0.25) is 0 Å². The van der Waals surface area contributed by atoms with E-state index in [-0.39, 0.29) is 0 Å². The van der Waals surface area contributed by atoms with Crippen molar-refractivity contribution in [2.45, 2.75) is 6.92 Å². The second-order valence-corrected chi connectivity index (χ2v) is 4.30. The van der Waals surface area contributed by atoms with Crippen LogP contribution in [-0.4, -0.2) is 20.0 Å². The van der Waals surface area contributed by atoms with Gasteiger partial charge in [-0.25, -0.2) is 14.3 Å². The molecule has 0 saturated heterocycles. The minimum Gasteiger partial charge on any atom is -0.416 e. The van der Waals surface area contributed by atoms with Gasteiger partial charge in [0.1, 0.15) is 6.26 Å². The zero-order valence-electron chi connectivity index (χ0n) is 10.7. The lowest BCUT2D eigenvalue weighted by Crippen LogP contribution is -2.24. The average Bonchev–Trinajstić information content (AvgIpc) is 3.09. The molecule has 0 radical (unpaired) electrons. The highest BCUT2D eigenvalue weighted by atomic mass is 16.4. The van der Waals surface area contributed by atoms with E-state index in [2.05, 4.69) is 4.98 Å². The van der Waals surface area contributed by atoms with Crippen LogP contribution >= 0.6 is 0 Å². The van der Waals surface area contributed by atoms with Crippen LogP contribution in [0.25, 0.3) is 5.69 Å². The maximum Gasteiger partial charge on any atom is 0.426 e. The lowest BCUT2D eigenvalue weighted by molar-refractivity contribution is 0.0950. The van der Waals surface area contributed by atoms with Gasteiger partial charge >= 0.3 is 5.76 Å². The van der Waals surface area contributed by atoms with Crippen molar-refractivity contribution in [3.8, 4) is 5.69 Å². The van der Waals surface area contributed by atoms with Crippen LogP contribution in [0.5, 0.6) is 0 Å². The van der Waals surface area contributed by atoms with Crippen LogP contribution in [0, 0.1) is 6.92 Å². The largest absolute Gasteiger partial charge is 0.426 e. The molecule has 0 atom stereocenters. The average molecular weight is 269 g/mol. The summed E-state index contributed by atoms with van der Waals surface area (Å²) in [4.78, 5) is 27.7. The Hall–Kier alpha value is -2.89. The first-order valence-electron chi connectivity index (χ1n) is 5.97. The van der Waals surface area contributed by atoms with E-state index in [1.807, 2.05) is 10.8 Å². The summed E-state index contributed by atoms with van der Waals surface area (Å²) in [6.07, 6.45) is 6.41. The highest BCUT2D eigenvalue weighted by molar-refractivity contribution is 5.96. The smallest absolute Gasteiger partial charge is 0.416 e. The molecular formula is C14H11N3O3. The first-order valence-corrected chi connectivity index (χ1v) is 5.97. The van der Waals surface area contributed by atoms with Gasteiger partial charge in [-0.05, 0) is 31.2 Å². The molecule has 6 heteroatoms. The van der Waals surface area contributed by atoms with Gasteiger partial charge < -0.3 is 8.98 Å². The number of rotatable bonds is 2. The fourth-order valence-electron chi connectivity index (χ4n) is 1.95. The Balaban J connectivity index is 1.96. The molecule has 2 aromatic heterocycles. The maximum absolute atomic E-state index is 12.2. The summed E-state index contributed by atoms with van der Waals surface area (Å²) in [7, 11) is 0. The van der Waals surface area contributed by atoms with Crippen molar-refractivity contribution in [1.29, 1.82) is 0 Å². The van der Waals surface area contributed by atoms with E-state index in [4.69, 9.17) is 4.42 Å². The van der Waals surface area contributed by atoms with Crippen molar-refractivity contribution in [2.75, 3.05) is 0 Å². The fraction of sp³-hybridized carbons (Fsp3) is 0.0714. The molecule has 2 heterocycles. The quantitative estimate of drug-likeness (QED) is 0.709. The Morgan fingerprint density at radius 2 is 2.00 bits per heavy atom. The minimum absolute atomic E-state index is 0.404. The number of hydrogen-bond acceptors (Lipinski definition) is 4. The number of imidazole rings is 1. The van der Waals surface area contributed by atoms with Crippen molar-refractivity contribution >= 4 is 5.91 Å². The summed E-state index contributed by atoms with van der Waals surface area (Å²) in [5.41, 5.74) is 1.77. The van der Waals surface area contributed by atoms with E-state index in [9.17, 15) is 9.59 Å². The molecule has 6 nitrogen and oxygen atoms in total. The normalized spacial score (nSPS) is 10.7. The predicted octanol–water partition coefficient (Wildman–Crippen LogP) is 1.62. The van der Waals surface area contributed by atoms with Crippen molar-refractivity contribution < 1.29 is 9.21 Å². The Bertz CT molecular complexity index is 795. The van der Waals surface area contributed by atoms with E-state index in [0.717, 1.165) is 10.3 Å². The molecule has 100 valence electrons. The molecule has 3 aromatic rings. The van der Waals surface area contributed by atoms with Crippen molar-refractivity contribution in [2.24, 2.45) is 0 Å². The van der Waals surface area contributed by atoms with Crippen LogP contribution in [0.15, 0.2) is 58.5 Å². The lowest BCUT2D eigenvalue weighted by Gasteiger charge is -2.05. The molecule has 1 aromatic carbocycles. The van der Waals surface area contributed by atoms with E-state index in [1.54, 1.807) is 43.7 Å². The minimum atomic E-state index is -0.675. The SMILES string of the molecule is Cc1coc(=O)n1C(=O)c1ccc(-n2ccnc2)cc1. The molecule has 0 saturated carbocycles. The van der Waals surface area contributed by atoms with Gasteiger partial charge in [-0.15, -0.1) is 0 Å². The van der Waals surface area contributed by atoms with Crippen molar-refractivity contribution in [1.82, 2.24) is 14.1 Å². The van der Waals surface area contributed by atoms with Gasteiger partial charge in [0, 0.05) is 23.6 Å². The molecule has 0 N–H and O–H groups in total. The van der Waals surface area contributed by atoms with Gasteiger partial charge in [-0.3, -0.25) is 4.79 Å². The first kappa shape index (κ1) is 12.2. The number of benzene rings is 1. The monoisotopic (exact) mass is 269 g/mol. The van der Waals surface area contributed by atoms with E-state index >= 15 is 0 Å².